The summed E-state index contributed by atoms with van der Waals surface area (Å²) in [6.45, 7) is 0.365. The lowest BCUT2D eigenvalue weighted by atomic mass is 10.2. The maximum atomic E-state index is 6.13. The van der Waals surface area contributed by atoms with Crippen LogP contribution in [0.3, 0.4) is 0 Å². The predicted octanol–water partition coefficient (Wildman–Crippen LogP) is 5.55. The Labute approximate surface area is 139 Å². The fourth-order valence-electron chi connectivity index (χ4n) is 1.69. The molecule has 2 aromatic rings. The number of halogens is 3. The quantitative estimate of drug-likeness (QED) is 0.524. The van der Waals surface area contributed by atoms with Crippen molar-refractivity contribution in [2.45, 2.75) is 13.0 Å². The first-order valence-corrected chi connectivity index (χ1v) is 7.70. The lowest BCUT2D eigenvalue weighted by molar-refractivity contribution is 0.305. The molecule has 0 aliphatic heterocycles. The third-order valence-corrected chi connectivity index (χ3v) is 3.50. The molecule has 0 N–H and O–H groups in total. The molecule has 1 nitrogen and oxygen atoms in total. The Morgan fingerprint density at radius 1 is 1.05 bits per heavy atom. The predicted molar refractivity (Wildman–Crippen MR) is 89.5 cm³/mol. The van der Waals surface area contributed by atoms with Crippen molar-refractivity contribution in [3.63, 3.8) is 0 Å². The van der Waals surface area contributed by atoms with Crippen LogP contribution in [0.2, 0.25) is 10.0 Å². The van der Waals surface area contributed by atoms with E-state index >= 15 is 0 Å². The van der Waals surface area contributed by atoms with Gasteiger partial charge in [-0.3, -0.25) is 0 Å². The summed E-state index contributed by atoms with van der Waals surface area (Å²) < 4.78 is 5.81. The Bertz CT molecular complexity index is 671. The van der Waals surface area contributed by atoms with Crippen LogP contribution < -0.4 is 4.74 Å². The molecule has 0 spiro atoms. The van der Waals surface area contributed by atoms with Gasteiger partial charge in [0.15, 0.2) is 0 Å². The first-order valence-electron chi connectivity index (χ1n) is 6.41. The first-order chi connectivity index (χ1) is 10.2. The molecule has 0 aliphatic rings. The summed E-state index contributed by atoms with van der Waals surface area (Å²) >= 11 is 17.6. The van der Waals surface area contributed by atoms with Gasteiger partial charge in [-0.25, -0.2) is 0 Å². The molecule has 108 valence electrons. The van der Waals surface area contributed by atoms with Crippen molar-refractivity contribution >= 4 is 34.8 Å². The van der Waals surface area contributed by atoms with Crippen LogP contribution in [-0.2, 0) is 6.61 Å². The molecular formula is C17H13Cl3O. The zero-order valence-electron chi connectivity index (χ0n) is 11.2. The second-order valence-electron chi connectivity index (χ2n) is 4.26. The molecule has 0 saturated heterocycles. The van der Waals surface area contributed by atoms with Gasteiger partial charge in [0.05, 0.1) is 5.56 Å². The maximum Gasteiger partial charge on any atom is 0.135 e. The van der Waals surface area contributed by atoms with E-state index in [4.69, 9.17) is 39.5 Å². The Hall–Kier alpha value is -1.33. The number of rotatable bonds is 4. The van der Waals surface area contributed by atoms with E-state index in [-0.39, 0.29) is 0 Å². The number of hydrogen-bond acceptors (Lipinski definition) is 1. The molecular weight excluding hydrogens is 327 g/mol. The van der Waals surface area contributed by atoms with Crippen molar-refractivity contribution in [3.05, 3.63) is 63.6 Å². The fraction of sp³-hybridized carbons (Fsp3) is 0.176. The van der Waals surface area contributed by atoms with Crippen LogP contribution >= 0.6 is 34.8 Å². The molecule has 21 heavy (non-hydrogen) atoms. The SMILES string of the molecule is ClCCC#Cc1ccccc1OCc1ccc(Cl)cc1Cl. The highest BCUT2D eigenvalue weighted by Crippen LogP contribution is 2.24. The van der Waals surface area contributed by atoms with Gasteiger partial charge in [-0.1, -0.05) is 53.2 Å². The van der Waals surface area contributed by atoms with Gasteiger partial charge in [-0.2, -0.15) is 0 Å². The molecule has 0 radical (unpaired) electrons. The van der Waals surface area contributed by atoms with Gasteiger partial charge < -0.3 is 4.74 Å². The first kappa shape index (κ1) is 16.0. The second-order valence-corrected chi connectivity index (χ2v) is 5.48. The largest absolute Gasteiger partial charge is 0.488 e. The maximum absolute atomic E-state index is 6.13. The Morgan fingerprint density at radius 2 is 1.86 bits per heavy atom. The molecule has 0 atom stereocenters. The summed E-state index contributed by atoms with van der Waals surface area (Å²) in [5.74, 6) is 7.32. The number of hydrogen-bond donors (Lipinski definition) is 0. The third-order valence-electron chi connectivity index (χ3n) is 2.73. The number of para-hydroxylation sites is 1. The fourth-order valence-corrected chi connectivity index (χ4v) is 2.25. The standard InChI is InChI=1S/C17H13Cl3O/c18-10-4-3-6-13-5-1-2-7-17(13)21-12-14-8-9-15(19)11-16(14)20/h1-2,5,7-9,11H,4,10,12H2. The Kier molecular flexibility index (Phi) is 6.26. The van der Waals surface area contributed by atoms with Crippen LogP contribution in [0, 0.1) is 11.8 Å². The van der Waals surface area contributed by atoms with Crippen LogP contribution in [0.1, 0.15) is 17.5 Å². The monoisotopic (exact) mass is 338 g/mol. The van der Waals surface area contributed by atoms with Crippen molar-refractivity contribution in [2.24, 2.45) is 0 Å². The average Bonchev–Trinajstić information content (AvgIpc) is 2.48. The van der Waals surface area contributed by atoms with E-state index in [2.05, 4.69) is 11.8 Å². The minimum absolute atomic E-state index is 0.365. The van der Waals surface area contributed by atoms with E-state index < -0.39 is 0 Å². The van der Waals surface area contributed by atoms with E-state index in [1.807, 2.05) is 30.3 Å². The normalized spacial score (nSPS) is 9.86. The van der Waals surface area contributed by atoms with Crippen LogP contribution in [0.15, 0.2) is 42.5 Å². The van der Waals surface area contributed by atoms with Crippen molar-refractivity contribution < 1.29 is 4.74 Å². The molecule has 0 saturated carbocycles. The van der Waals surface area contributed by atoms with Crippen molar-refractivity contribution in [1.82, 2.24) is 0 Å². The molecule has 0 unspecified atom stereocenters. The summed E-state index contributed by atoms with van der Waals surface area (Å²) in [7, 11) is 0. The van der Waals surface area contributed by atoms with Gasteiger partial charge in [0.1, 0.15) is 12.4 Å². The second kappa shape index (κ2) is 8.20. The highest BCUT2D eigenvalue weighted by Gasteiger charge is 2.04. The lowest BCUT2D eigenvalue weighted by Crippen LogP contribution is -1.98. The molecule has 0 heterocycles. The van der Waals surface area contributed by atoms with Gasteiger partial charge in [-0.05, 0) is 24.3 Å². The molecule has 4 heteroatoms. The molecule has 0 amide bonds. The number of alkyl halides is 1. The minimum Gasteiger partial charge on any atom is -0.488 e. The van der Waals surface area contributed by atoms with Crippen LogP contribution in [0.4, 0.5) is 0 Å². The van der Waals surface area contributed by atoms with Gasteiger partial charge in [-0.15, -0.1) is 11.6 Å². The van der Waals surface area contributed by atoms with Crippen LogP contribution in [-0.4, -0.2) is 5.88 Å². The Balaban J connectivity index is 2.11. The number of benzene rings is 2. The van der Waals surface area contributed by atoms with Gasteiger partial charge in [0.25, 0.3) is 0 Å². The lowest BCUT2D eigenvalue weighted by Gasteiger charge is -2.09. The topological polar surface area (TPSA) is 9.23 Å². The minimum atomic E-state index is 0.365. The molecule has 2 aromatic carbocycles. The summed E-state index contributed by atoms with van der Waals surface area (Å²) in [4.78, 5) is 0. The van der Waals surface area contributed by atoms with Gasteiger partial charge >= 0.3 is 0 Å². The zero-order valence-corrected chi connectivity index (χ0v) is 13.5. The van der Waals surface area contributed by atoms with Crippen LogP contribution in [0.5, 0.6) is 5.75 Å². The van der Waals surface area contributed by atoms with Gasteiger partial charge in [0.2, 0.25) is 0 Å². The van der Waals surface area contributed by atoms with E-state index in [0.29, 0.717) is 29.0 Å². The van der Waals surface area contributed by atoms with Crippen molar-refractivity contribution in [2.75, 3.05) is 5.88 Å². The number of ether oxygens (including phenoxy) is 1. The summed E-state index contributed by atoms with van der Waals surface area (Å²) in [5.41, 5.74) is 1.72. The van der Waals surface area contributed by atoms with Crippen molar-refractivity contribution in [1.29, 1.82) is 0 Å². The smallest absolute Gasteiger partial charge is 0.135 e. The molecule has 0 aromatic heterocycles. The van der Waals surface area contributed by atoms with Crippen LogP contribution in [0.25, 0.3) is 0 Å². The molecule has 0 aliphatic carbocycles. The summed E-state index contributed by atoms with van der Waals surface area (Å²) in [5, 5.41) is 1.20. The zero-order chi connectivity index (χ0) is 15.1. The highest BCUT2D eigenvalue weighted by atomic mass is 35.5. The average molecular weight is 340 g/mol. The van der Waals surface area contributed by atoms with Crippen molar-refractivity contribution in [3.8, 4) is 17.6 Å². The molecule has 0 fully saturated rings. The highest BCUT2D eigenvalue weighted by molar-refractivity contribution is 6.35. The molecule has 2 rings (SSSR count). The third kappa shape index (κ3) is 4.86. The van der Waals surface area contributed by atoms with Gasteiger partial charge in [0, 0.05) is 27.9 Å². The summed E-state index contributed by atoms with van der Waals surface area (Å²) in [6, 6.07) is 13.0. The summed E-state index contributed by atoms with van der Waals surface area (Å²) in [6.07, 6.45) is 0.652. The van der Waals surface area contributed by atoms with E-state index in [1.165, 1.54) is 0 Å². The van der Waals surface area contributed by atoms with E-state index in [0.717, 1.165) is 16.9 Å². The van der Waals surface area contributed by atoms with E-state index in [1.54, 1.807) is 12.1 Å². The van der Waals surface area contributed by atoms with E-state index in [9.17, 15) is 0 Å². The Morgan fingerprint density at radius 3 is 2.62 bits per heavy atom. The molecule has 0 bridgehead atoms.